The molecule has 0 bridgehead atoms. The highest BCUT2D eigenvalue weighted by molar-refractivity contribution is 9.09. The number of carbonyl (C=O) groups excluding carboxylic acids is 1. The first kappa shape index (κ1) is 11.9. The summed E-state index contributed by atoms with van der Waals surface area (Å²) in [6.07, 6.45) is 0. The van der Waals surface area contributed by atoms with E-state index < -0.39 is 0 Å². The number of hydrogen-bond acceptors (Lipinski definition) is 2. The average molecular weight is 238 g/mol. The zero-order valence-corrected chi connectivity index (χ0v) is 9.43. The minimum absolute atomic E-state index is 0.0313. The van der Waals surface area contributed by atoms with Gasteiger partial charge in [0.25, 0.3) is 0 Å². The van der Waals surface area contributed by atoms with E-state index in [2.05, 4.69) is 15.9 Å². The highest BCUT2D eigenvalue weighted by Crippen LogP contribution is 1.99. The molecule has 12 heavy (non-hydrogen) atoms. The predicted molar refractivity (Wildman–Crippen MR) is 52.5 cm³/mol. The van der Waals surface area contributed by atoms with Gasteiger partial charge in [0.1, 0.15) is 6.61 Å². The second kappa shape index (κ2) is 6.43. The van der Waals surface area contributed by atoms with E-state index in [9.17, 15) is 4.79 Å². The second-order valence-electron chi connectivity index (χ2n) is 2.65. The number of amides is 1. The van der Waals surface area contributed by atoms with E-state index in [0.717, 1.165) is 5.33 Å². The van der Waals surface area contributed by atoms with Crippen LogP contribution in [0.5, 0.6) is 0 Å². The lowest BCUT2D eigenvalue weighted by atomic mass is 10.3. The van der Waals surface area contributed by atoms with Gasteiger partial charge in [-0.2, -0.15) is 0 Å². The summed E-state index contributed by atoms with van der Waals surface area (Å²) in [4.78, 5) is 13.0. The zero-order chi connectivity index (χ0) is 9.56. The van der Waals surface area contributed by atoms with Crippen LogP contribution >= 0.6 is 15.9 Å². The van der Waals surface area contributed by atoms with Gasteiger partial charge in [-0.15, -0.1) is 0 Å². The Labute approximate surface area is 82.2 Å². The van der Waals surface area contributed by atoms with Crippen molar-refractivity contribution in [2.24, 2.45) is 0 Å². The first-order valence-corrected chi connectivity index (χ1v) is 5.15. The van der Waals surface area contributed by atoms with Gasteiger partial charge in [-0.3, -0.25) is 4.79 Å². The van der Waals surface area contributed by atoms with Gasteiger partial charge >= 0.3 is 0 Å². The topological polar surface area (TPSA) is 29.5 Å². The molecule has 0 fully saturated rings. The van der Waals surface area contributed by atoms with Crippen LogP contribution in [0.2, 0.25) is 0 Å². The third-order valence-corrected chi connectivity index (χ3v) is 2.64. The molecule has 0 saturated heterocycles. The van der Waals surface area contributed by atoms with Crippen LogP contribution in [0.25, 0.3) is 0 Å². The lowest BCUT2D eigenvalue weighted by Gasteiger charge is -2.22. The molecule has 0 radical (unpaired) electrons. The fraction of sp³-hybridized carbons (Fsp3) is 0.875. The van der Waals surface area contributed by atoms with E-state index in [-0.39, 0.29) is 18.6 Å². The maximum Gasteiger partial charge on any atom is 0.248 e. The molecule has 0 spiro atoms. The van der Waals surface area contributed by atoms with Crippen molar-refractivity contribution in [2.75, 3.05) is 25.6 Å². The largest absolute Gasteiger partial charge is 0.372 e. The molecule has 0 rings (SSSR count). The average Bonchev–Trinajstić information content (AvgIpc) is 2.11. The van der Waals surface area contributed by atoms with Crippen molar-refractivity contribution in [3.8, 4) is 0 Å². The van der Waals surface area contributed by atoms with Crippen molar-refractivity contribution >= 4 is 21.8 Å². The van der Waals surface area contributed by atoms with Gasteiger partial charge in [0.15, 0.2) is 0 Å². The van der Waals surface area contributed by atoms with Crippen molar-refractivity contribution in [3.63, 3.8) is 0 Å². The Morgan fingerprint density at radius 1 is 1.67 bits per heavy atom. The molecule has 1 atom stereocenters. The summed E-state index contributed by atoms with van der Waals surface area (Å²) in [6.45, 7) is 4.63. The Morgan fingerprint density at radius 2 is 2.25 bits per heavy atom. The van der Waals surface area contributed by atoms with Crippen molar-refractivity contribution < 1.29 is 9.53 Å². The minimum atomic E-state index is 0.0313. The van der Waals surface area contributed by atoms with Crippen LogP contribution in [0.15, 0.2) is 0 Å². The number of rotatable bonds is 5. The third kappa shape index (κ3) is 4.07. The van der Waals surface area contributed by atoms with Crippen molar-refractivity contribution in [2.45, 2.75) is 19.9 Å². The molecule has 0 saturated carbocycles. The monoisotopic (exact) mass is 237 g/mol. The van der Waals surface area contributed by atoms with Crippen LogP contribution in [0.4, 0.5) is 0 Å². The molecule has 4 heteroatoms. The van der Waals surface area contributed by atoms with E-state index >= 15 is 0 Å². The minimum Gasteiger partial charge on any atom is -0.372 e. The first-order chi connectivity index (χ1) is 5.63. The van der Waals surface area contributed by atoms with Gasteiger partial charge in [0.05, 0.1) is 0 Å². The molecule has 0 heterocycles. The Bertz CT molecular complexity index is 141. The normalized spacial score (nSPS) is 12.7. The van der Waals surface area contributed by atoms with Crippen LogP contribution in [-0.2, 0) is 9.53 Å². The van der Waals surface area contributed by atoms with Crippen molar-refractivity contribution in [1.82, 2.24) is 4.90 Å². The van der Waals surface area contributed by atoms with Gasteiger partial charge < -0.3 is 9.64 Å². The SMILES string of the molecule is CCOCC(=O)N(C)C(C)CBr. The summed E-state index contributed by atoms with van der Waals surface area (Å²) < 4.78 is 5.00. The highest BCUT2D eigenvalue weighted by Gasteiger charge is 2.13. The molecule has 0 aromatic heterocycles. The Hall–Kier alpha value is -0.0900. The van der Waals surface area contributed by atoms with Crippen LogP contribution in [0.1, 0.15) is 13.8 Å². The van der Waals surface area contributed by atoms with Crippen molar-refractivity contribution in [1.29, 1.82) is 0 Å². The number of hydrogen-bond donors (Lipinski definition) is 0. The molecule has 3 nitrogen and oxygen atoms in total. The Morgan fingerprint density at radius 3 is 2.67 bits per heavy atom. The Balaban J connectivity index is 3.75. The number of ether oxygens (including phenoxy) is 1. The van der Waals surface area contributed by atoms with Gasteiger partial charge in [-0.25, -0.2) is 0 Å². The number of carbonyl (C=O) groups is 1. The number of halogens is 1. The van der Waals surface area contributed by atoms with Crippen LogP contribution in [0.3, 0.4) is 0 Å². The maximum absolute atomic E-state index is 11.3. The van der Waals surface area contributed by atoms with E-state index in [1.165, 1.54) is 0 Å². The number of nitrogens with zero attached hydrogens (tertiary/aromatic N) is 1. The van der Waals surface area contributed by atoms with Gasteiger partial charge in [-0.05, 0) is 13.8 Å². The predicted octanol–water partition coefficient (Wildman–Crippen LogP) is 1.26. The van der Waals surface area contributed by atoms with Crippen LogP contribution < -0.4 is 0 Å². The molecule has 72 valence electrons. The second-order valence-corrected chi connectivity index (χ2v) is 3.29. The number of likely N-dealkylation sites (N-methyl/N-ethyl adjacent to an activating group) is 1. The molecule has 0 aromatic rings. The summed E-state index contributed by atoms with van der Waals surface area (Å²) in [5.74, 6) is 0.0313. The lowest BCUT2D eigenvalue weighted by Crippen LogP contribution is -2.38. The van der Waals surface area contributed by atoms with Crippen LogP contribution in [0, 0.1) is 0 Å². The third-order valence-electron chi connectivity index (χ3n) is 1.71. The standard InChI is InChI=1S/C8H16BrNO2/c1-4-12-6-8(11)10(3)7(2)5-9/h7H,4-6H2,1-3H3. The molecule has 0 aliphatic heterocycles. The molecule has 0 N–H and O–H groups in total. The highest BCUT2D eigenvalue weighted by atomic mass is 79.9. The Kier molecular flexibility index (Phi) is 6.38. The lowest BCUT2D eigenvalue weighted by molar-refractivity contribution is -0.136. The van der Waals surface area contributed by atoms with E-state index in [0.29, 0.717) is 6.61 Å². The van der Waals surface area contributed by atoms with Crippen molar-refractivity contribution in [3.05, 3.63) is 0 Å². The van der Waals surface area contributed by atoms with E-state index in [1.54, 1.807) is 11.9 Å². The number of alkyl halides is 1. The van der Waals surface area contributed by atoms with Gasteiger partial charge in [0, 0.05) is 25.0 Å². The van der Waals surface area contributed by atoms with Crippen LogP contribution in [-0.4, -0.2) is 42.4 Å². The van der Waals surface area contributed by atoms with E-state index in [1.807, 2.05) is 13.8 Å². The molecule has 0 aromatic carbocycles. The molecule has 0 aliphatic carbocycles. The fourth-order valence-corrected chi connectivity index (χ4v) is 1.07. The molecular formula is C8H16BrNO2. The smallest absolute Gasteiger partial charge is 0.248 e. The fourth-order valence-electron chi connectivity index (χ4n) is 0.641. The van der Waals surface area contributed by atoms with Gasteiger partial charge in [0.2, 0.25) is 5.91 Å². The first-order valence-electron chi connectivity index (χ1n) is 4.02. The quantitative estimate of drug-likeness (QED) is 0.675. The summed E-state index contributed by atoms with van der Waals surface area (Å²) >= 11 is 3.32. The molecule has 0 aliphatic rings. The summed E-state index contributed by atoms with van der Waals surface area (Å²) in [6, 6.07) is 0.220. The van der Waals surface area contributed by atoms with E-state index in [4.69, 9.17) is 4.74 Å². The molecule has 1 unspecified atom stereocenters. The van der Waals surface area contributed by atoms with Gasteiger partial charge in [-0.1, -0.05) is 15.9 Å². The maximum atomic E-state index is 11.3. The molecule has 1 amide bonds. The summed E-state index contributed by atoms with van der Waals surface area (Å²) in [5, 5.41) is 0.793. The summed E-state index contributed by atoms with van der Waals surface area (Å²) in [5.41, 5.74) is 0. The molecular weight excluding hydrogens is 222 g/mol. The zero-order valence-electron chi connectivity index (χ0n) is 7.84. The summed E-state index contributed by atoms with van der Waals surface area (Å²) in [7, 11) is 1.78.